The second-order valence-corrected chi connectivity index (χ2v) is 7.29. The van der Waals surface area contributed by atoms with Gasteiger partial charge in [-0.2, -0.15) is 0 Å². The van der Waals surface area contributed by atoms with Crippen molar-refractivity contribution in [1.29, 1.82) is 0 Å². The minimum Gasteiger partial charge on any atom is -0.497 e. The van der Waals surface area contributed by atoms with Crippen molar-refractivity contribution in [1.82, 2.24) is 14.9 Å². The second-order valence-electron chi connectivity index (χ2n) is 7.29. The molecule has 0 unspecified atom stereocenters. The summed E-state index contributed by atoms with van der Waals surface area (Å²) in [7, 11) is 1.66. The minimum atomic E-state index is 0.319. The van der Waals surface area contributed by atoms with Gasteiger partial charge in [0.25, 0.3) is 0 Å². The number of piperidine rings is 1. The molecule has 1 saturated heterocycles. The Hall–Kier alpha value is -2.83. The predicted molar refractivity (Wildman–Crippen MR) is 111 cm³/mol. The standard InChI is InChI=1S/C23H27N3O3/c1-27-20-5-7-22(8-6-20)29-23-4-2-3-18(13-23)15-26-11-9-21(10-12-26)28-16-19-14-24-17-25-19/h2-8,13-14,17,21H,9-12,15-16H2,1H3,(H,24,25). The highest BCUT2D eigenvalue weighted by molar-refractivity contribution is 5.36. The number of likely N-dealkylation sites (tertiary alicyclic amines) is 1. The van der Waals surface area contributed by atoms with Crippen LogP contribution < -0.4 is 9.47 Å². The molecule has 4 rings (SSSR count). The molecule has 29 heavy (non-hydrogen) atoms. The minimum absolute atomic E-state index is 0.319. The highest BCUT2D eigenvalue weighted by Crippen LogP contribution is 2.25. The molecule has 1 aliphatic heterocycles. The Morgan fingerprint density at radius 2 is 1.83 bits per heavy atom. The number of imidazole rings is 1. The van der Waals surface area contributed by atoms with Crippen LogP contribution in [-0.4, -0.2) is 41.2 Å². The Kier molecular flexibility index (Phi) is 6.44. The highest BCUT2D eigenvalue weighted by Gasteiger charge is 2.20. The number of aromatic nitrogens is 2. The van der Waals surface area contributed by atoms with Gasteiger partial charge in [-0.3, -0.25) is 4.90 Å². The average Bonchev–Trinajstić information content (AvgIpc) is 3.28. The van der Waals surface area contributed by atoms with Crippen LogP contribution in [0.2, 0.25) is 0 Å². The van der Waals surface area contributed by atoms with Crippen molar-refractivity contribution in [3.05, 3.63) is 72.3 Å². The Morgan fingerprint density at radius 3 is 2.55 bits per heavy atom. The van der Waals surface area contributed by atoms with Gasteiger partial charge in [-0.05, 0) is 54.8 Å². The van der Waals surface area contributed by atoms with Gasteiger partial charge >= 0.3 is 0 Å². The Bertz CT molecular complexity index is 873. The number of nitrogens with zero attached hydrogens (tertiary/aromatic N) is 2. The van der Waals surface area contributed by atoms with E-state index in [1.165, 1.54) is 5.56 Å². The van der Waals surface area contributed by atoms with E-state index in [1.807, 2.05) is 36.5 Å². The molecule has 0 spiro atoms. The number of H-pyrrole nitrogens is 1. The zero-order valence-corrected chi connectivity index (χ0v) is 16.7. The molecule has 1 fully saturated rings. The van der Waals surface area contributed by atoms with E-state index in [2.05, 4.69) is 33.1 Å². The zero-order valence-electron chi connectivity index (χ0n) is 16.7. The van der Waals surface area contributed by atoms with Crippen LogP contribution in [0.4, 0.5) is 0 Å². The molecule has 2 heterocycles. The van der Waals surface area contributed by atoms with E-state index < -0.39 is 0 Å². The first-order valence-electron chi connectivity index (χ1n) is 10.0. The lowest BCUT2D eigenvalue weighted by Gasteiger charge is -2.31. The molecule has 2 aromatic carbocycles. The van der Waals surface area contributed by atoms with E-state index in [0.29, 0.717) is 12.7 Å². The molecule has 1 aromatic heterocycles. The van der Waals surface area contributed by atoms with Crippen LogP contribution in [-0.2, 0) is 17.9 Å². The lowest BCUT2D eigenvalue weighted by molar-refractivity contribution is -0.00511. The van der Waals surface area contributed by atoms with Crippen molar-refractivity contribution < 1.29 is 14.2 Å². The van der Waals surface area contributed by atoms with Crippen molar-refractivity contribution in [3.63, 3.8) is 0 Å². The molecule has 0 aliphatic carbocycles. The maximum atomic E-state index is 6.00. The second kappa shape index (κ2) is 9.58. The van der Waals surface area contributed by atoms with Crippen molar-refractivity contribution in [2.45, 2.75) is 32.1 Å². The normalized spacial score (nSPS) is 15.3. The fourth-order valence-electron chi connectivity index (χ4n) is 3.55. The van der Waals surface area contributed by atoms with E-state index in [9.17, 15) is 0 Å². The number of methoxy groups -OCH3 is 1. The van der Waals surface area contributed by atoms with Crippen LogP contribution in [0.3, 0.4) is 0 Å². The maximum Gasteiger partial charge on any atom is 0.127 e. The van der Waals surface area contributed by atoms with Crippen LogP contribution in [0.1, 0.15) is 24.1 Å². The quantitative estimate of drug-likeness (QED) is 0.615. The fourth-order valence-corrected chi connectivity index (χ4v) is 3.55. The smallest absolute Gasteiger partial charge is 0.127 e. The first kappa shape index (κ1) is 19.5. The summed E-state index contributed by atoms with van der Waals surface area (Å²) in [5.41, 5.74) is 2.29. The molecular weight excluding hydrogens is 366 g/mol. The number of aromatic amines is 1. The van der Waals surface area contributed by atoms with Crippen molar-refractivity contribution in [3.8, 4) is 17.2 Å². The molecular formula is C23H27N3O3. The number of hydrogen-bond acceptors (Lipinski definition) is 5. The van der Waals surface area contributed by atoms with E-state index in [4.69, 9.17) is 14.2 Å². The summed E-state index contributed by atoms with van der Waals surface area (Å²) in [6, 6.07) is 15.9. The monoisotopic (exact) mass is 393 g/mol. The molecule has 6 nitrogen and oxygen atoms in total. The molecule has 0 bridgehead atoms. The summed E-state index contributed by atoms with van der Waals surface area (Å²) in [5.74, 6) is 2.48. The van der Waals surface area contributed by atoms with Gasteiger partial charge in [-0.15, -0.1) is 0 Å². The number of nitrogens with one attached hydrogen (secondary N) is 1. The van der Waals surface area contributed by atoms with Gasteiger partial charge in [0.1, 0.15) is 17.2 Å². The van der Waals surface area contributed by atoms with Gasteiger partial charge in [0, 0.05) is 19.6 Å². The summed E-state index contributed by atoms with van der Waals surface area (Å²) in [5, 5.41) is 0. The molecule has 6 heteroatoms. The third-order valence-electron chi connectivity index (χ3n) is 5.16. The Balaban J connectivity index is 1.26. The van der Waals surface area contributed by atoms with Crippen molar-refractivity contribution >= 4 is 0 Å². The Morgan fingerprint density at radius 1 is 1.03 bits per heavy atom. The first-order valence-corrected chi connectivity index (χ1v) is 10.0. The van der Waals surface area contributed by atoms with Gasteiger partial charge in [-0.25, -0.2) is 4.98 Å². The topological polar surface area (TPSA) is 59.6 Å². The van der Waals surface area contributed by atoms with E-state index in [1.54, 1.807) is 13.4 Å². The molecule has 0 radical (unpaired) electrons. The van der Waals surface area contributed by atoms with Gasteiger partial charge in [-0.1, -0.05) is 12.1 Å². The average molecular weight is 393 g/mol. The SMILES string of the molecule is COc1ccc(Oc2cccc(CN3CCC(OCc4cnc[nH]4)CC3)c2)cc1. The Labute approximate surface area is 171 Å². The molecule has 0 atom stereocenters. The summed E-state index contributed by atoms with van der Waals surface area (Å²) in [6.07, 6.45) is 5.93. The molecule has 152 valence electrons. The molecule has 0 amide bonds. The number of ether oxygens (including phenoxy) is 3. The largest absolute Gasteiger partial charge is 0.497 e. The van der Waals surface area contributed by atoms with E-state index in [0.717, 1.165) is 55.4 Å². The third kappa shape index (κ3) is 5.59. The lowest BCUT2D eigenvalue weighted by Crippen LogP contribution is -2.36. The molecule has 1 aliphatic rings. The van der Waals surface area contributed by atoms with Crippen molar-refractivity contribution in [2.75, 3.05) is 20.2 Å². The number of hydrogen-bond donors (Lipinski definition) is 1. The molecule has 0 saturated carbocycles. The van der Waals surface area contributed by atoms with Crippen molar-refractivity contribution in [2.24, 2.45) is 0 Å². The van der Waals surface area contributed by atoms with E-state index in [-0.39, 0.29) is 0 Å². The van der Waals surface area contributed by atoms with Gasteiger partial charge in [0.05, 0.1) is 38.0 Å². The predicted octanol–water partition coefficient (Wildman–Crippen LogP) is 4.39. The molecule has 1 N–H and O–H groups in total. The molecule has 3 aromatic rings. The first-order chi connectivity index (χ1) is 14.3. The summed E-state index contributed by atoms with van der Waals surface area (Å²) in [6.45, 7) is 3.61. The van der Waals surface area contributed by atoms with Crippen LogP contribution in [0, 0.1) is 0 Å². The van der Waals surface area contributed by atoms with Crippen LogP contribution in [0.5, 0.6) is 17.2 Å². The summed E-state index contributed by atoms with van der Waals surface area (Å²) < 4.78 is 17.2. The van der Waals surface area contributed by atoms with Gasteiger partial charge in [0.15, 0.2) is 0 Å². The fraction of sp³-hybridized carbons (Fsp3) is 0.348. The van der Waals surface area contributed by atoms with Gasteiger partial charge in [0.2, 0.25) is 0 Å². The van der Waals surface area contributed by atoms with Gasteiger partial charge < -0.3 is 19.2 Å². The third-order valence-corrected chi connectivity index (χ3v) is 5.16. The van der Waals surface area contributed by atoms with Crippen LogP contribution in [0.15, 0.2) is 61.1 Å². The van der Waals surface area contributed by atoms with E-state index >= 15 is 0 Å². The zero-order chi connectivity index (χ0) is 19.9. The summed E-state index contributed by atoms with van der Waals surface area (Å²) >= 11 is 0. The number of rotatable bonds is 8. The maximum absolute atomic E-state index is 6.00. The number of benzene rings is 2. The highest BCUT2D eigenvalue weighted by atomic mass is 16.5. The lowest BCUT2D eigenvalue weighted by atomic mass is 10.1. The summed E-state index contributed by atoms with van der Waals surface area (Å²) in [4.78, 5) is 9.58. The van der Waals surface area contributed by atoms with Crippen LogP contribution in [0.25, 0.3) is 0 Å². The van der Waals surface area contributed by atoms with Crippen LogP contribution >= 0.6 is 0 Å².